The standard InChI is InChI=1S/C12H18N2O2/c1-8-4-5-9(6-10(8)13)7-12(2,3)16-11(14)15/h4-6H,7,13H2,1-3H3,(H2,14,15). The Balaban J connectivity index is 2.79. The summed E-state index contributed by atoms with van der Waals surface area (Å²) in [6, 6.07) is 5.81. The highest BCUT2D eigenvalue weighted by Gasteiger charge is 2.22. The Hall–Kier alpha value is -1.71. The van der Waals surface area contributed by atoms with Gasteiger partial charge in [0.05, 0.1) is 0 Å². The second-order valence-electron chi connectivity index (χ2n) is 4.55. The average Bonchev–Trinajstić information content (AvgIpc) is 2.08. The largest absolute Gasteiger partial charge is 0.443 e. The van der Waals surface area contributed by atoms with Gasteiger partial charge in [0.2, 0.25) is 0 Å². The van der Waals surface area contributed by atoms with Crippen LogP contribution >= 0.6 is 0 Å². The fourth-order valence-electron chi connectivity index (χ4n) is 1.60. The molecule has 0 unspecified atom stereocenters. The van der Waals surface area contributed by atoms with E-state index in [1.165, 1.54) is 0 Å². The molecule has 16 heavy (non-hydrogen) atoms. The van der Waals surface area contributed by atoms with E-state index < -0.39 is 11.7 Å². The number of anilines is 1. The van der Waals surface area contributed by atoms with E-state index >= 15 is 0 Å². The minimum atomic E-state index is -0.759. The maximum atomic E-state index is 10.7. The summed E-state index contributed by atoms with van der Waals surface area (Å²) in [6.45, 7) is 5.58. The SMILES string of the molecule is Cc1ccc(CC(C)(C)OC(N)=O)cc1N. The van der Waals surface area contributed by atoms with Crippen LogP contribution in [-0.2, 0) is 11.2 Å². The molecule has 0 saturated heterocycles. The number of benzene rings is 1. The molecule has 0 atom stereocenters. The average molecular weight is 222 g/mol. The van der Waals surface area contributed by atoms with Gasteiger partial charge in [0, 0.05) is 12.1 Å². The van der Waals surface area contributed by atoms with Crippen LogP contribution in [0.15, 0.2) is 18.2 Å². The van der Waals surface area contributed by atoms with Gasteiger partial charge < -0.3 is 16.2 Å². The maximum Gasteiger partial charge on any atom is 0.405 e. The highest BCUT2D eigenvalue weighted by atomic mass is 16.6. The number of amides is 1. The van der Waals surface area contributed by atoms with Gasteiger partial charge in [-0.3, -0.25) is 0 Å². The number of primary amides is 1. The van der Waals surface area contributed by atoms with E-state index in [9.17, 15) is 4.79 Å². The normalized spacial score (nSPS) is 11.2. The number of ether oxygens (including phenoxy) is 1. The molecule has 4 nitrogen and oxygen atoms in total. The summed E-state index contributed by atoms with van der Waals surface area (Å²) in [4.78, 5) is 10.7. The van der Waals surface area contributed by atoms with E-state index in [0.29, 0.717) is 6.42 Å². The van der Waals surface area contributed by atoms with Gasteiger partial charge in [-0.15, -0.1) is 0 Å². The first-order valence-corrected chi connectivity index (χ1v) is 5.13. The third-order valence-corrected chi connectivity index (χ3v) is 2.35. The Morgan fingerprint density at radius 1 is 1.44 bits per heavy atom. The van der Waals surface area contributed by atoms with E-state index in [1.54, 1.807) is 0 Å². The van der Waals surface area contributed by atoms with Crippen molar-refractivity contribution in [2.45, 2.75) is 32.8 Å². The van der Waals surface area contributed by atoms with Crippen molar-refractivity contribution in [3.63, 3.8) is 0 Å². The lowest BCUT2D eigenvalue weighted by atomic mass is 9.97. The fourth-order valence-corrected chi connectivity index (χ4v) is 1.60. The van der Waals surface area contributed by atoms with Crippen LogP contribution in [0.4, 0.5) is 10.5 Å². The molecular weight excluding hydrogens is 204 g/mol. The molecule has 4 N–H and O–H groups in total. The number of carbonyl (C=O) groups excluding carboxylic acids is 1. The van der Waals surface area contributed by atoms with Gasteiger partial charge in [-0.25, -0.2) is 4.79 Å². The van der Waals surface area contributed by atoms with Crippen molar-refractivity contribution in [2.75, 3.05) is 5.73 Å². The van der Waals surface area contributed by atoms with Crippen molar-refractivity contribution in [2.24, 2.45) is 5.73 Å². The molecule has 1 aromatic carbocycles. The summed E-state index contributed by atoms with van der Waals surface area (Å²) >= 11 is 0. The molecule has 0 saturated carbocycles. The lowest BCUT2D eigenvalue weighted by Crippen LogP contribution is -2.33. The highest BCUT2D eigenvalue weighted by Crippen LogP contribution is 2.20. The van der Waals surface area contributed by atoms with E-state index in [4.69, 9.17) is 16.2 Å². The van der Waals surface area contributed by atoms with Crippen LogP contribution in [0.25, 0.3) is 0 Å². The zero-order valence-corrected chi connectivity index (χ0v) is 9.91. The van der Waals surface area contributed by atoms with Crippen molar-refractivity contribution in [1.29, 1.82) is 0 Å². The smallest absolute Gasteiger partial charge is 0.405 e. The lowest BCUT2D eigenvalue weighted by Gasteiger charge is -2.24. The monoisotopic (exact) mass is 222 g/mol. The predicted molar refractivity (Wildman–Crippen MR) is 64.0 cm³/mol. The molecule has 0 bridgehead atoms. The second-order valence-corrected chi connectivity index (χ2v) is 4.55. The second kappa shape index (κ2) is 4.43. The van der Waals surface area contributed by atoms with Crippen LogP contribution in [0, 0.1) is 6.92 Å². The summed E-state index contributed by atoms with van der Waals surface area (Å²) in [5, 5.41) is 0. The zero-order chi connectivity index (χ0) is 12.3. The molecule has 1 amide bonds. The summed E-state index contributed by atoms with van der Waals surface area (Å²) in [7, 11) is 0. The molecule has 1 rings (SSSR count). The van der Waals surface area contributed by atoms with Crippen LogP contribution in [0.3, 0.4) is 0 Å². The molecule has 0 radical (unpaired) electrons. The molecule has 0 aromatic heterocycles. The Bertz CT molecular complexity index is 400. The Morgan fingerprint density at radius 2 is 2.06 bits per heavy atom. The van der Waals surface area contributed by atoms with E-state index in [2.05, 4.69) is 0 Å². The third kappa shape index (κ3) is 3.46. The Labute approximate surface area is 95.6 Å². The number of hydrogen-bond acceptors (Lipinski definition) is 3. The van der Waals surface area contributed by atoms with Crippen molar-refractivity contribution in [3.8, 4) is 0 Å². The van der Waals surface area contributed by atoms with Crippen LogP contribution in [0.1, 0.15) is 25.0 Å². The number of carbonyl (C=O) groups is 1. The van der Waals surface area contributed by atoms with Gasteiger partial charge in [0.1, 0.15) is 5.60 Å². The number of rotatable bonds is 3. The van der Waals surface area contributed by atoms with Gasteiger partial charge in [0.25, 0.3) is 0 Å². The molecule has 0 aliphatic carbocycles. The fraction of sp³-hybridized carbons (Fsp3) is 0.417. The van der Waals surface area contributed by atoms with Gasteiger partial charge >= 0.3 is 6.09 Å². The third-order valence-electron chi connectivity index (χ3n) is 2.35. The minimum absolute atomic E-state index is 0.584. The van der Waals surface area contributed by atoms with Crippen molar-refractivity contribution < 1.29 is 9.53 Å². The van der Waals surface area contributed by atoms with Crippen molar-refractivity contribution in [1.82, 2.24) is 0 Å². The zero-order valence-electron chi connectivity index (χ0n) is 9.91. The summed E-state index contributed by atoms with van der Waals surface area (Å²) < 4.78 is 5.01. The molecule has 0 heterocycles. The quantitative estimate of drug-likeness (QED) is 0.768. The van der Waals surface area contributed by atoms with Gasteiger partial charge in [-0.2, -0.15) is 0 Å². The highest BCUT2D eigenvalue weighted by molar-refractivity contribution is 5.65. The summed E-state index contributed by atoms with van der Waals surface area (Å²) in [6.07, 6.45) is -0.175. The number of nitrogen functional groups attached to an aromatic ring is 1. The Kier molecular flexibility index (Phi) is 3.42. The van der Waals surface area contributed by atoms with Crippen molar-refractivity contribution >= 4 is 11.8 Å². The van der Waals surface area contributed by atoms with Gasteiger partial charge in [-0.05, 0) is 38.0 Å². The first-order valence-electron chi connectivity index (χ1n) is 5.13. The van der Waals surface area contributed by atoms with E-state index in [-0.39, 0.29) is 0 Å². The molecule has 0 aliphatic rings. The number of aryl methyl sites for hydroxylation is 1. The number of hydrogen-bond donors (Lipinski definition) is 2. The lowest BCUT2D eigenvalue weighted by molar-refractivity contribution is 0.0460. The van der Waals surface area contributed by atoms with Gasteiger partial charge in [0.15, 0.2) is 0 Å². The minimum Gasteiger partial charge on any atom is -0.443 e. The van der Waals surface area contributed by atoms with E-state index in [1.807, 2.05) is 39.0 Å². The van der Waals surface area contributed by atoms with Crippen LogP contribution in [0.2, 0.25) is 0 Å². The first-order chi connectivity index (χ1) is 7.30. The topological polar surface area (TPSA) is 78.3 Å². The maximum absolute atomic E-state index is 10.7. The van der Waals surface area contributed by atoms with Crippen LogP contribution < -0.4 is 11.5 Å². The molecule has 0 spiro atoms. The Morgan fingerprint density at radius 3 is 2.56 bits per heavy atom. The van der Waals surface area contributed by atoms with Crippen LogP contribution in [-0.4, -0.2) is 11.7 Å². The number of nitrogens with two attached hydrogens (primary N) is 2. The molecule has 0 fully saturated rings. The van der Waals surface area contributed by atoms with Gasteiger partial charge in [-0.1, -0.05) is 12.1 Å². The van der Waals surface area contributed by atoms with Crippen LogP contribution in [0.5, 0.6) is 0 Å². The molecule has 0 aliphatic heterocycles. The molecule has 4 heteroatoms. The molecule has 88 valence electrons. The predicted octanol–water partition coefficient (Wildman–Crippen LogP) is 1.99. The van der Waals surface area contributed by atoms with E-state index in [0.717, 1.165) is 16.8 Å². The summed E-state index contributed by atoms with van der Waals surface area (Å²) in [5.41, 5.74) is 13.0. The first kappa shape index (κ1) is 12.4. The molecule has 1 aromatic rings. The summed E-state index contributed by atoms with van der Waals surface area (Å²) in [5.74, 6) is 0. The molecular formula is C12H18N2O2. The van der Waals surface area contributed by atoms with Crippen molar-refractivity contribution in [3.05, 3.63) is 29.3 Å².